The number of rotatable bonds is 4. The van der Waals surface area contributed by atoms with Crippen molar-refractivity contribution in [3.8, 4) is 0 Å². The van der Waals surface area contributed by atoms with Gasteiger partial charge in [-0.05, 0) is 39.3 Å². The van der Waals surface area contributed by atoms with Gasteiger partial charge in [0.1, 0.15) is 6.10 Å². The van der Waals surface area contributed by atoms with Gasteiger partial charge in [-0.25, -0.2) is 4.68 Å². The van der Waals surface area contributed by atoms with Crippen molar-refractivity contribution in [3.63, 3.8) is 0 Å². The van der Waals surface area contributed by atoms with E-state index in [4.69, 9.17) is 0 Å². The number of likely N-dealkylation sites (tertiary alicyclic amines) is 1. The van der Waals surface area contributed by atoms with E-state index >= 15 is 0 Å². The van der Waals surface area contributed by atoms with Gasteiger partial charge in [0.2, 0.25) is 0 Å². The van der Waals surface area contributed by atoms with Gasteiger partial charge in [-0.15, -0.1) is 5.10 Å². The van der Waals surface area contributed by atoms with Gasteiger partial charge in [0.05, 0.1) is 11.9 Å². The van der Waals surface area contributed by atoms with Crippen LogP contribution in [-0.2, 0) is 7.05 Å². The van der Waals surface area contributed by atoms with E-state index in [0.29, 0.717) is 0 Å². The highest BCUT2D eigenvalue weighted by molar-refractivity contribution is 5.08. The number of nitrogens with zero attached hydrogens (tertiary/aromatic N) is 4. The van der Waals surface area contributed by atoms with Crippen molar-refractivity contribution in [1.82, 2.24) is 19.9 Å². The van der Waals surface area contributed by atoms with Crippen LogP contribution < -0.4 is 0 Å². The van der Waals surface area contributed by atoms with Crippen LogP contribution in [0.2, 0.25) is 0 Å². The quantitative estimate of drug-likeness (QED) is 0.854. The minimum Gasteiger partial charge on any atom is -0.385 e. The Kier molecular flexibility index (Phi) is 3.49. The Morgan fingerprint density at radius 2 is 2.12 bits per heavy atom. The van der Waals surface area contributed by atoms with Crippen LogP contribution in [-0.4, -0.2) is 43.6 Å². The largest absolute Gasteiger partial charge is 0.385 e. The van der Waals surface area contributed by atoms with Crippen LogP contribution in [0.25, 0.3) is 0 Å². The van der Waals surface area contributed by atoms with Gasteiger partial charge < -0.3 is 5.11 Å². The van der Waals surface area contributed by atoms with E-state index < -0.39 is 6.10 Å². The van der Waals surface area contributed by atoms with Crippen molar-refractivity contribution >= 4 is 0 Å². The molecule has 0 spiro atoms. The fourth-order valence-electron chi connectivity index (χ4n) is 2.68. The van der Waals surface area contributed by atoms with E-state index in [1.54, 1.807) is 10.9 Å². The third kappa shape index (κ3) is 2.09. The molecule has 1 aromatic heterocycles. The minimum atomic E-state index is -0.536. The van der Waals surface area contributed by atoms with E-state index in [9.17, 15) is 5.11 Å². The molecule has 96 valence electrons. The molecule has 1 fully saturated rings. The summed E-state index contributed by atoms with van der Waals surface area (Å²) in [7, 11) is 1.83. The Labute approximate surface area is 102 Å². The highest BCUT2D eigenvalue weighted by Gasteiger charge is 2.40. The second kappa shape index (κ2) is 4.74. The lowest BCUT2D eigenvalue weighted by atomic mass is 9.88. The molecule has 0 amide bonds. The van der Waals surface area contributed by atoms with Crippen molar-refractivity contribution in [2.45, 2.75) is 44.8 Å². The topological polar surface area (TPSA) is 54.2 Å². The summed E-state index contributed by atoms with van der Waals surface area (Å²) in [6.45, 7) is 6.42. The molecule has 2 atom stereocenters. The van der Waals surface area contributed by atoms with Crippen LogP contribution in [0.15, 0.2) is 6.20 Å². The number of hydrogen-bond acceptors (Lipinski definition) is 4. The molecule has 0 radical (unpaired) electrons. The van der Waals surface area contributed by atoms with Gasteiger partial charge in [-0.3, -0.25) is 4.90 Å². The Bertz CT molecular complexity index is 372. The first-order chi connectivity index (χ1) is 8.09. The molecule has 2 heterocycles. The van der Waals surface area contributed by atoms with Gasteiger partial charge in [0.15, 0.2) is 0 Å². The first-order valence-corrected chi connectivity index (χ1v) is 6.37. The molecule has 0 aliphatic carbocycles. The molecule has 0 aromatic carbocycles. The molecule has 2 rings (SSSR count). The average molecular weight is 238 g/mol. The third-order valence-electron chi connectivity index (χ3n) is 4.16. The molecule has 0 bridgehead atoms. The average Bonchev–Trinajstić information content (AvgIpc) is 2.97. The maximum atomic E-state index is 10.6. The van der Waals surface area contributed by atoms with Gasteiger partial charge in [-0.2, -0.15) is 0 Å². The summed E-state index contributed by atoms with van der Waals surface area (Å²) in [5, 5.41) is 18.4. The fourth-order valence-corrected chi connectivity index (χ4v) is 2.68. The molecule has 1 aliphatic rings. The van der Waals surface area contributed by atoms with Crippen molar-refractivity contribution in [2.24, 2.45) is 7.05 Å². The fraction of sp³-hybridized carbons (Fsp3) is 0.833. The second-order valence-corrected chi connectivity index (χ2v) is 5.09. The highest BCUT2D eigenvalue weighted by Crippen LogP contribution is 2.35. The summed E-state index contributed by atoms with van der Waals surface area (Å²) < 4.78 is 1.66. The summed E-state index contributed by atoms with van der Waals surface area (Å²) >= 11 is 0. The van der Waals surface area contributed by atoms with E-state index in [1.165, 1.54) is 12.8 Å². The Morgan fingerprint density at radius 3 is 2.59 bits per heavy atom. The third-order valence-corrected chi connectivity index (χ3v) is 4.16. The number of aliphatic hydroxyl groups excluding tert-OH is 1. The molecule has 17 heavy (non-hydrogen) atoms. The first kappa shape index (κ1) is 12.5. The molecular formula is C12H22N4O. The maximum Gasteiger partial charge on any atom is 0.115 e. The molecule has 0 saturated carbocycles. The lowest BCUT2D eigenvalue weighted by molar-refractivity contribution is -0.0183. The van der Waals surface area contributed by atoms with Crippen LogP contribution in [0.5, 0.6) is 0 Å². The van der Waals surface area contributed by atoms with Crippen LogP contribution in [0.4, 0.5) is 0 Å². The van der Waals surface area contributed by atoms with Gasteiger partial charge >= 0.3 is 0 Å². The van der Waals surface area contributed by atoms with Gasteiger partial charge in [0.25, 0.3) is 0 Å². The van der Waals surface area contributed by atoms with Crippen LogP contribution in [0.3, 0.4) is 0 Å². The Balaban J connectivity index is 2.25. The van der Waals surface area contributed by atoms with Crippen molar-refractivity contribution < 1.29 is 5.11 Å². The van der Waals surface area contributed by atoms with Crippen LogP contribution >= 0.6 is 0 Å². The normalized spacial score (nSPS) is 22.6. The van der Waals surface area contributed by atoms with Gasteiger partial charge in [0, 0.05) is 12.6 Å². The predicted octanol–water partition coefficient (Wildman–Crippen LogP) is 1.11. The summed E-state index contributed by atoms with van der Waals surface area (Å²) in [6.07, 6.45) is 4.50. The second-order valence-electron chi connectivity index (χ2n) is 5.09. The lowest BCUT2D eigenvalue weighted by Crippen LogP contribution is -2.49. The Morgan fingerprint density at radius 1 is 1.47 bits per heavy atom. The lowest BCUT2D eigenvalue weighted by Gasteiger charge is -2.41. The van der Waals surface area contributed by atoms with Gasteiger partial charge in [-0.1, -0.05) is 12.1 Å². The van der Waals surface area contributed by atoms with E-state index in [1.807, 2.05) is 7.05 Å². The molecule has 1 aliphatic heterocycles. The smallest absolute Gasteiger partial charge is 0.115 e. The maximum absolute atomic E-state index is 10.6. The molecule has 5 heteroatoms. The zero-order valence-corrected chi connectivity index (χ0v) is 10.9. The summed E-state index contributed by atoms with van der Waals surface area (Å²) in [4.78, 5) is 2.39. The molecule has 1 aromatic rings. The van der Waals surface area contributed by atoms with E-state index in [-0.39, 0.29) is 5.54 Å². The summed E-state index contributed by atoms with van der Waals surface area (Å²) in [6, 6.07) is 0. The molecule has 1 N–H and O–H groups in total. The zero-order valence-electron chi connectivity index (χ0n) is 10.9. The van der Waals surface area contributed by atoms with Crippen LogP contribution in [0.1, 0.15) is 44.9 Å². The summed E-state index contributed by atoms with van der Waals surface area (Å²) in [5.74, 6) is 0. The number of aromatic nitrogens is 3. The molecular weight excluding hydrogens is 216 g/mol. The van der Waals surface area contributed by atoms with Crippen LogP contribution in [0, 0.1) is 0 Å². The highest BCUT2D eigenvalue weighted by atomic mass is 16.3. The molecule has 2 unspecified atom stereocenters. The number of hydrogen-bond donors (Lipinski definition) is 1. The van der Waals surface area contributed by atoms with E-state index in [0.717, 1.165) is 25.2 Å². The number of aryl methyl sites for hydroxylation is 1. The zero-order chi connectivity index (χ0) is 12.5. The first-order valence-electron chi connectivity index (χ1n) is 6.37. The minimum absolute atomic E-state index is 0.216. The van der Waals surface area contributed by atoms with Crippen molar-refractivity contribution in [3.05, 3.63) is 11.9 Å². The SMILES string of the molecule is CCC(C)(C(O)c1cnnn1C)N1CCCC1. The molecule has 5 nitrogen and oxygen atoms in total. The number of aliphatic hydroxyl groups is 1. The Hall–Kier alpha value is -0.940. The van der Waals surface area contributed by atoms with Crippen molar-refractivity contribution in [1.29, 1.82) is 0 Å². The monoisotopic (exact) mass is 238 g/mol. The predicted molar refractivity (Wildman–Crippen MR) is 65.5 cm³/mol. The summed E-state index contributed by atoms with van der Waals surface area (Å²) in [5.41, 5.74) is 0.577. The standard InChI is InChI=1S/C12H22N4O/c1-4-12(2,16-7-5-6-8-16)11(17)10-9-13-14-15(10)3/h9,11,17H,4-8H2,1-3H3. The molecule has 1 saturated heterocycles. The van der Waals surface area contributed by atoms with Crippen molar-refractivity contribution in [2.75, 3.05) is 13.1 Å². The van der Waals surface area contributed by atoms with E-state index in [2.05, 4.69) is 29.1 Å².